The lowest BCUT2D eigenvalue weighted by Gasteiger charge is -2.48. The first-order valence-electron chi connectivity index (χ1n) is 25.2. The van der Waals surface area contributed by atoms with Crippen molar-refractivity contribution in [2.45, 2.75) is 124 Å². The van der Waals surface area contributed by atoms with Gasteiger partial charge in [-0.1, -0.05) is 109 Å². The Hall–Kier alpha value is -4.34. The Morgan fingerprint density at radius 3 is 1.18 bits per heavy atom. The van der Waals surface area contributed by atoms with Crippen molar-refractivity contribution < 1.29 is 65.2 Å². The molecule has 22 heteroatoms. The number of morpholine rings is 2. The van der Waals surface area contributed by atoms with Crippen LogP contribution in [-0.2, 0) is 57.8 Å². The zero-order chi connectivity index (χ0) is 54.9. The first kappa shape index (κ1) is 59.3. The highest BCUT2D eigenvalue weighted by Gasteiger charge is 2.50. The minimum absolute atomic E-state index is 0.244. The average Bonchev–Trinajstić information content (AvgIpc) is 3.43. The summed E-state index contributed by atoms with van der Waals surface area (Å²) in [6, 6.07) is 24.9. The predicted molar refractivity (Wildman–Crippen MR) is 288 cm³/mol. The summed E-state index contributed by atoms with van der Waals surface area (Å²) in [5, 5.41) is 19.9. The fourth-order valence-electron chi connectivity index (χ4n) is 10.5. The summed E-state index contributed by atoms with van der Waals surface area (Å²) in [6.07, 6.45) is -2.96. The van der Waals surface area contributed by atoms with E-state index in [1.807, 2.05) is 13.8 Å². The lowest BCUT2D eigenvalue weighted by Crippen LogP contribution is -2.57. The van der Waals surface area contributed by atoms with Crippen LogP contribution in [0.4, 0.5) is 0 Å². The van der Waals surface area contributed by atoms with Gasteiger partial charge in [0.1, 0.15) is 24.4 Å². The normalized spacial score (nSPS) is 23.8. The monoisotopic (exact) mass is 1170 g/mol. The number of carbonyl (C=O) groups excluding carboxylic acids is 2. The number of amides is 2. The van der Waals surface area contributed by atoms with Gasteiger partial charge in [-0.25, -0.2) is 16.8 Å². The van der Waals surface area contributed by atoms with Crippen molar-refractivity contribution in [1.29, 1.82) is 0 Å². The lowest BCUT2D eigenvalue weighted by molar-refractivity contribution is -0.182. The molecule has 0 radical (unpaired) electrons. The maximum Gasteiger partial charge on any atom is 0.306 e. The molecule has 76 heavy (non-hydrogen) atoms. The van der Waals surface area contributed by atoms with Gasteiger partial charge in [0, 0.05) is 58.6 Å². The molecular weight excluding hydrogens is 1110 g/mol. The van der Waals surface area contributed by atoms with Gasteiger partial charge in [0.25, 0.3) is 11.8 Å². The molecule has 8 atom stereocenters. The van der Waals surface area contributed by atoms with Crippen LogP contribution in [0.2, 0.25) is 20.1 Å². The van der Waals surface area contributed by atoms with E-state index < -0.39 is 115 Å². The maximum atomic E-state index is 13.9. The van der Waals surface area contributed by atoms with E-state index in [1.165, 1.54) is 9.80 Å². The first-order valence-corrected chi connectivity index (χ1v) is 30.1. The fraction of sp³-hybridized carbons (Fsp3) is 0.481. The Balaban J connectivity index is 0.000000221. The molecule has 4 aromatic carbocycles. The molecule has 0 saturated carbocycles. The van der Waals surface area contributed by atoms with Crippen molar-refractivity contribution in [2.24, 2.45) is 0 Å². The first-order chi connectivity index (χ1) is 36.2. The van der Waals surface area contributed by atoms with Crippen LogP contribution in [0.15, 0.2) is 97.1 Å². The van der Waals surface area contributed by atoms with Gasteiger partial charge in [-0.3, -0.25) is 19.2 Å². The van der Waals surface area contributed by atoms with Gasteiger partial charge in [-0.2, -0.15) is 0 Å². The van der Waals surface area contributed by atoms with Crippen LogP contribution in [0.3, 0.4) is 0 Å². The lowest BCUT2D eigenvalue weighted by atomic mass is 9.89. The van der Waals surface area contributed by atoms with Crippen molar-refractivity contribution in [1.82, 2.24) is 9.80 Å². The molecule has 4 aliphatic heterocycles. The summed E-state index contributed by atoms with van der Waals surface area (Å²) >= 11 is 24.9. The second-order valence-corrected chi connectivity index (χ2v) is 25.7. The number of hydrogen-bond acceptors (Lipinski definition) is 12. The van der Waals surface area contributed by atoms with Gasteiger partial charge in [-0.05, 0) is 109 Å². The SMILES string of the molecule is CC[C@@H](CS(=O)(=O)C1CCOCC1)N1C(=O)[C@@H](CC(=O)O)O[C@H](c2cccc(Cl)c2)[C@H]1c1ccc(Cl)cc1.CC[C@@H](CS(=O)(=O)C1CCOCC1)N1C(=O)[C@H](CC(=O)O)O[C@H](c2cccc(Cl)c2)[C@H]1c1ccc(Cl)cc1. The molecule has 0 spiro atoms. The van der Waals surface area contributed by atoms with Crippen LogP contribution >= 0.6 is 46.4 Å². The Bertz CT molecular complexity index is 2690. The number of rotatable bonds is 18. The Labute approximate surface area is 463 Å². The molecule has 16 nitrogen and oxygen atoms in total. The molecule has 4 fully saturated rings. The summed E-state index contributed by atoms with van der Waals surface area (Å²) in [7, 11) is -7.16. The average molecular weight is 1170 g/mol. The zero-order valence-corrected chi connectivity index (χ0v) is 46.6. The maximum absolute atomic E-state index is 13.9. The molecule has 0 unspecified atom stereocenters. The van der Waals surface area contributed by atoms with E-state index in [1.54, 1.807) is 97.1 Å². The number of halogens is 4. The van der Waals surface area contributed by atoms with Gasteiger partial charge in [0.15, 0.2) is 19.7 Å². The van der Waals surface area contributed by atoms with Crippen LogP contribution in [-0.4, -0.2) is 133 Å². The van der Waals surface area contributed by atoms with E-state index in [2.05, 4.69) is 0 Å². The van der Waals surface area contributed by atoms with Gasteiger partial charge in [0.05, 0.1) is 46.9 Å². The molecule has 2 amide bonds. The van der Waals surface area contributed by atoms with Gasteiger partial charge in [-0.15, -0.1) is 0 Å². The number of aliphatic carboxylic acids is 2. The fourth-order valence-corrected chi connectivity index (χ4v) is 15.3. The summed E-state index contributed by atoms with van der Waals surface area (Å²) in [5.74, 6) is -3.99. The molecule has 412 valence electrons. The van der Waals surface area contributed by atoms with Crippen LogP contribution in [0.1, 0.15) is 112 Å². The highest BCUT2D eigenvalue weighted by Crippen LogP contribution is 2.47. The quantitative estimate of drug-likeness (QED) is 0.0948. The van der Waals surface area contributed by atoms with Crippen LogP contribution in [0.5, 0.6) is 0 Å². The topological polar surface area (TPSA) is 220 Å². The molecule has 0 aromatic heterocycles. The van der Waals surface area contributed by atoms with E-state index >= 15 is 0 Å². The van der Waals surface area contributed by atoms with E-state index in [0.29, 0.717) is 107 Å². The van der Waals surface area contributed by atoms with Crippen molar-refractivity contribution in [3.63, 3.8) is 0 Å². The molecule has 8 rings (SSSR count). The third-order valence-electron chi connectivity index (χ3n) is 14.3. The van der Waals surface area contributed by atoms with Crippen LogP contribution in [0.25, 0.3) is 0 Å². The number of sulfone groups is 2. The summed E-state index contributed by atoms with van der Waals surface area (Å²) in [5.41, 5.74) is 2.66. The van der Waals surface area contributed by atoms with Crippen molar-refractivity contribution in [2.75, 3.05) is 37.9 Å². The van der Waals surface area contributed by atoms with E-state index in [-0.39, 0.29) is 11.5 Å². The largest absolute Gasteiger partial charge is 0.481 e. The molecule has 4 saturated heterocycles. The number of ether oxygens (including phenoxy) is 4. The third kappa shape index (κ3) is 14.7. The van der Waals surface area contributed by atoms with Gasteiger partial charge >= 0.3 is 11.9 Å². The van der Waals surface area contributed by atoms with Crippen LogP contribution in [0, 0.1) is 0 Å². The molecule has 4 aromatic rings. The number of carboxylic acid groups (broad SMARTS) is 2. The summed E-state index contributed by atoms with van der Waals surface area (Å²) < 4.78 is 77.0. The van der Waals surface area contributed by atoms with Crippen molar-refractivity contribution in [3.8, 4) is 0 Å². The zero-order valence-electron chi connectivity index (χ0n) is 41.9. The minimum atomic E-state index is -3.58. The summed E-state index contributed by atoms with van der Waals surface area (Å²) in [6.45, 7) is 5.16. The van der Waals surface area contributed by atoms with Crippen LogP contribution < -0.4 is 0 Å². The third-order valence-corrected chi connectivity index (χ3v) is 19.9. The number of carboxylic acids is 2. The number of nitrogens with zero attached hydrogens (tertiary/aromatic N) is 2. The van der Waals surface area contributed by atoms with E-state index in [4.69, 9.17) is 65.4 Å². The van der Waals surface area contributed by atoms with Gasteiger partial charge in [0.2, 0.25) is 0 Å². The summed E-state index contributed by atoms with van der Waals surface area (Å²) in [4.78, 5) is 54.2. The Morgan fingerprint density at radius 1 is 0.539 bits per heavy atom. The number of carbonyl (C=O) groups is 4. The second-order valence-electron chi connectivity index (χ2n) is 19.3. The second kappa shape index (κ2) is 26.5. The molecule has 2 N–H and O–H groups in total. The smallest absolute Gasteiger partial charge is 0.306 e. The van der Waals surface area contributed by atoms with E-state index in [9.17, 15) is 46.2 Å². The van der Waals surface area contributed by atoms with Crippen molar-refractivity contribution in [3.05, 3.63) is 139 Å². The molecule has 4 heterocycles. The molecule has 0 aliphatic carbocycles. The predicted octanol–water partition coefficient (Wildman–Crippen LogP) is 9.70. The Kier molecular flexibility index (Phi) is 20.7. The Morgan fingerprint density at radius 2 is 0.882 bits per heavy atom. The minimum Gasteiger partial charge on any atom is -0.481 e. The number of hydrogen-bond donors (Lipinski definition) is 2. The van der Waals surface area contributed by atoms with E-state index in [0.717, 1.165) is 0 Å². The highest BCUT2D eigenvalue weighted by molar-refractivity contribution is 7.92. The van der Waals surface area contributed by atoms with Gasteiger partial charge < -0.3 is 39.0 Å². The molecular formula is C54H62Cl4N2O14S2. The standard InChI is InChI=1S/2C27H31Cl2NO7S/c2*1-2-21(16-38(34,35)22-10-12-36-13-11-22)30-25(17-6-8-19(28)9-7-17)26(18-4-3-5-20(29)14-18)37-23(27(30)33)15-24(31)32/h2*3-9,14,21-23,25-26H,2,10-13,15-16H2,1H3,(H,31,32)/t21-,23+,25+,26+;21-,23-,25+,26+/m00/s1. The number of benzene rings is 4. The highest BCUT2D eigenvalue weighted by atomic mass is 35.5. The molecule has 0 bridgehead atoms. The van der Waals surface area contributed by atoms with Crippen molar-refractivity contribution >= 4 is 89.8 Å². The molecule has 4 aliphatic rings.